The minimum atomic E-state index is -0.850. The van der Waals surface area contributed by atoms with Gasteiger partial charge in [-0.25, -0.2) is 5.43 Å². The number of carbonyl (C=O) groups is 3. The Morgan fingerprint density at radius 2 is 1.73 bits per heavy atom. The fourth-order valence-electron chi connectivity index (χ4n) is 3.89. The monoisotopic (exact) mass is 505 g/mol. The van der Waals surface area contributed by atoms with Crippen LogP contribution in [0.2, 0.25) is 0 Å². The number of rotatable bonds is 7. The molecule has 0 radical (unpaired) electrons. The summed E-state index contributed by atoms with van der Waals surface area (Å²) in [6.07, 6.45) is 1.82. The van der Waals surface area contributed by atoms with Crippen LogP contribution in [0, 0.1) is 17.0 Å². The van der Waals surface area contributed by atoms with Crippen molar-refractivity contribution in [1.82, 2.24) is 16.3 Å². The fraction of sp³-hybridized carbons (Fsp3) is 0.200. The molecule has 0 aliphatic heterocycles. The number of hydrogen-bond donors (Lipinski definition) is 3. The highest BCUT2D eigenvalue weighted by atomic mass is 16.6. The number of carbonyl (C=O) groups excluding carboxylic acids is 3. The first-order chi connectivity index (χ1) is 17.8. The molecule has 0 atom stereocenters. The number of furan rings is 1. The van der Waals surface area contributed by atoms with Crippen LogP contribution in [0.3, 0.4) is 0 Å². The van der Waals surface area contributed by atoms with Gasteiger partial charge in [0, 0.05) is 23.6 Å². The van der Waals surface area contributed by atoms with Gasteiger partial charge in [0.2, 0.25) is 0 Å². The zero-order chi connectivity index (χ0) is 26.4. The second-order valence-electron chi connectivity index (χ2n) is 8.09. The SMILES string of the molecule is Cc1c(C(=O)NNC(=O)c2ccccc2[N+](=O)[O-])oc2c1/C(=N/NC(=O)COc1ccccc1)CCC2. The molecule has 3 N–H and O–H groups in total. The van der Waals surface area contributed by atoms with Crippen molar-refractivity contribution in [2.75, 3.05) is 6.61 Å². The first kappa shape index (κ1) is 25.1. The summed E-state index contributed by atoms with van der Waals surface area (Å²) in [5, 5.41) is 15.4. The van der Waals surface area contributed by atoms with Crippen molar-refractivity contribution >= 4 is 29.1 Å². The molecule has 1 aliphatic rings. The van der Waals surface area contributed by atoms with Crippen molar-refractivity contribution in [3.63, 3.8) is 0 Å². The first-order valence-corrected chi connectivity index (χ1v) is 11.3. The molecule has 3 aromatic rings. The number of para-hydroxylation sites is 2. The summed E-state index contributed by atoms with van der Waals surface area (Å²) in [6, 6.07) is 14.3. The number of ether oxygens (including phenoxy) is 1. The minimum Gasteiger partial charge on any atom is -0.484 e. The lowest BCUT2D eigenvalue weighted by molar-refractivity contribution is -0.385. The summed E-state index contributed by atoms with van der Waals surface area (Å²) >= 11 is 0. The molecule has 0 unspecified atom stereocenters. The summed E-state index contributed by atoms with van der Waals surface area (Å²) in [5.41, 5.74) is 7.94. The highest BCUT2D eigenvalue weighted by molar-refractivity contribution is 6.07. The maximum absolute atomic E-state index is 12.8. The van der Waals surface area contributed by atoms with E-state index in [4.69, 9.17) is 9.15 Å². The first-order valence-electron chi connectivity index (χ1n) is 11.3. The Labute approximate surface area is 210 Å². The molecule has 0 bridgehead atoms. The average molecular weight is 505 g/mol. The predicted molar refractivity (Wildman–Crippen MR) is 131 cm³/mol. The van der Waals surface area contributed by atoms with Crippen molar-refractivity contribution in [3.8, 4) is 5.75 Å². The Morgan fingerprint density at radius 1 is 1.03 bits per heavy atom. The van der Waals surface area contributed by atoms with Gasteiger partial charge in [0.1, 0.15) is 17.1 Å². The quantitative estimate of drug-likeness (QED) is 0.328. The summed E-state index contributed by atoms with van der Waals surface area (Å²) < 4.78 is 11.2. The van der Waals surface area contributed by atoms with Crippen LogP contribution in [0.4, 0.5) is 5.69 Å². The van der Waals surface area contributed by atoms with Gasteiger partial charge in [-0.2, -0.15) is 5.10 Å². The van der Waals surface area contributed by atoms with Crippen molar-refractivity contribution in [3.05, 3.63) is 92.9 Å². The van der Waals surface area contributed by atoms with E-state index in [1.807, 2.05) is 6.07 Å². The number of nitrogens with one attached hydrogen (secondary N) is 3. The standard InChI is InChI=1S/C25H23N5O7/c1-15-22-18(26-27-21(31)14-36-16-8-3-2-4-9-16)11-7-13-20(22)37-23(15)25(33)29-28-24(32)17-10-5-6-12-19(17)30(34)35/h2-6,8-10,12H,7,11,13-14H2,1H3,(H,27,31)(H,28,32)(H,29,33)/b26-18+. The van der Waals surface area contributed by atoms with E-state index in [1.54, 1.807) is 31.2 Å². The molecule has 1 aromatic heterocycles. The smallest absolute Gasteiger partial charge is 0.305 e. The van der Waals surface area contributed by atoms with Gasteiger partial charge in [-0.15, -0.1) is 0 Å². The third kappa shape index (κ3) is 5.81. The van der Waals surface area contributed by atoms with Crippen LogP contribution in [0.5, 0.6) is 5.75 Å². The number of nitrogens with zero attached hydrogens (tertiary/aromatic N) is 2. The molecule has 2 aromatic carbocycles. The van der Waals surface area contributed by atoms with E-state index in [0.29, 0.717) is 47.6 Å². The molecule has 1 aliphatic carbocycles. The Bertz CT molecular complexity index is 1380. The summed E-state index contributed by atoms with van der Waals surface area (Å²) in [6.45, 7) is 1.45. The number of hydrazone groups is 1. The number of aryl methyl sites for hydroxylation is 1. The van der Waals surface area contributed by atoms with Gasteiger partial charge in [0.25, 0.3) is 17.5 Å². The molecular weight excluding hydrogens is 482 g/mol. The van der Waals surface area contributed by atoms with Crippen molar-refractivity contribution in [1.29, 1.82) is 0 Å². The highest BCUT2D eigenvalue weighted by Crippen LogP contribution is 2.29. The number of nitro groups is 1. The normalized spacial score (nSPS) is 13.4. The van der Waals surface area contributed by atoms with E-state index in [9.17, 15) is 24.5 Å². The minimum absolute atomic E-state index is 0.0406. The van der Waals surface area contributed by atoms with E-state index >= 15 is 0 Å². The van der Waals surface area contributed by atoms with Crippen molar-refractivity contribution < 1.29 is 28.5 Å². The zero-order valence-corrected chi connectivity index (χ0v) is 19.8. The Hall–Kier alpha value is -5.00. The van der Waals surface area contributed by atoms with Gasteiger partial charge < -0.3 is 9.15 Å². The largest absolute Gasteiger partial charge is 0.484 e. The topological polar surface area (TPSA) is 165 Å². The molecule has 0 saturated heterocycles. The van der Waals surface area contributed by atoms with Crippen LogP contribution >= 0.6 is 0 Å². The zero-order valence-electron chi connectivity index (χ0n) is 19.8. The van der Waals surface area contributed by atoms with Gasteiger partial charge in [-0.1, -0.05) is 30.3 Å². The maximum Gasteiger partial charge on any atom is 0.305 e. The molecule has 4 rings (SSSR count). The molecule has 190 valence electrons. The van der Waals surface area contributed by atoms with Gasteiger partial charge in [0.15, 0.2) is 12.4 Å². The van der Waals surface area contributed by atoms with Crippen LogP contribution in [-0.2, 0) is 11.2 Å². The number of nitro benzene ring substituents is 1. The summed E-state index contributed by atoms with van der Waals surface area (Å²) in [7, 11) is 0. The number of hydrazine groups is 1. The lowest BCUT2D eigenvalue weighted by Gasteiger charge is -2.13. The Morgan fingerprint density at radius 3 is 2.49 bits per heavy atom. The van der Waals surface area contributed by atoms with Gasteiger partial charge >= 0.3 is 5.91 Å². The molecule has 12 heteroatoms. The molecule has 37 heavy (non-hydrogen) atoms. The molecule has 1 heterocycles. The predicted octanol–water partition coefficient (Wildman–Crippen LogP) is 2.81. The van der Waals surface area contributed by atoms with Crippen LogP contribution in [0.25, 0.3) is 0 Å². The van der Waals surface area contributed by atoms with Gasteiger partial charge in [-0.3, -0.25) is 35.3 Å². The molecule has 12 nitrogen and oxygen atoms in total. The Kier molecular flexibility index (Phi) is 7.57. The van der Waals surface area contributed by atoms with E-state index < -0.39 is 28.3 Å². The maximum atomic E-state index is 12.8. The molecule has 0 fully saturated rings. The second kappa shape index (κ2) is 11.2. The summed E-state index contributed by atoms with van der Waals surface area (Å²) in [5.74, 6) is -0.981. The van der Waals surface area contributed by atoms with E-state index in [1.165, 1.54) is 24.3 Å². The van der Waals surface area contributed by atoms with Gasteiger partial charge in [0.05, 0.1) is 10.6 Å². The van der Waals surface area contributed by atoms with Crippen molar-refractivity contribution in [2.24, 2.45) is 5.10 Å². The van der Waals surface area contributed by atoms with Crippen LogP contribution in [-0.4, -0.2) is 35.0 Å². The van der Waals surface area contributed by atoms with E-state index in [0.717, 1.165) is 0 Å². The van der Waals surface area contributed by atoms with E-state index in [-0.39, 0.29) is 17.9 Å². The van der Waals surface area contributed by atoms with Crippen LogP contribution in [0.15, 0.2) is 64.1 Å². The third-order valence-corrected chi connectivity index (χ3v) is 5.60. The van der Waals surface area contributed by atoms with Crippen LogP contribution < -0.4 is 21.0 Å². The number of amides is 3. The lowest BCUT2D eigenvalue weighted by Crippen LogP contribution is -2.42. The van der Waals surface area contributed by atoms with E-state index in [2.05, 4.69) is 21.4 Å². The number of hydrogen-bond acceptors (Lipinski definition) is 8. The molecule has 3 amide bonds. The average Bonchev–Trinajstić information content (AvgIpc) is 3.26. The molecule has 0 spiro atoms. The fourth-order valence-corrected chi connectivity index (χ4v) is 3.89. The molecule has 0 saturated carbocycles. The lowest BCUT2D eigenvalue weighted by atomic mass is 9.93. The van der Waals surface area contributed by atoms with Gasteiger partial charge in [-0.05, 0) is 38.0 Å². The second-order valence-corrected chi connectivity index (χ2v) is 8.09. The third-order valence-electron chi connectivity index (χ3n) is 5.60. The Balaban J connectivity index is 1.42. The number of fused-ring (bicyclic) bond motifs is 1. The molecular formula is C25H23N5O7. The van der Waals surface area contributed by atoms with Crippen LogP contribution in [0.1, 0.15) is 50.6 Å². The summed E-state index contributed by atoms with van der Waals surface area (Å²) in [4.78, 5) is 47.8. The number of benzene rings is 2. The van der Waals surface area contributed by atoms with Crippen molar-refractivity contribution in [2.45, 2.75) is 26.2 Å². The highest BCUT2D eigenvalue weighted by Gasteiger charge is 2.28.